The van der Waals surface area contributed by atoms with E-state index in [2.05, 4.69) is 20.8 Å². The number of phenolic OH excluding ortho intramolecular Hbond substituents is 1. The smallest absolute Gasteiger partial charge is 0.352 e. The van der Waals surface area contributed by atoms with Gasteiger partial charge in [0.15, 0.2) is 4.34 Å². The fraction of sp³-hybridized carbons (Fsp3) is 0.385. The van der Waals surface area contributed by atoms with Crippen LogP contribution in [0.2, 0.25) is 0 Å². The van der Waals surface area contributed by atoms with Crippen molar-refractivity contribution in [1.82, 2.24) is 35.5 Å². The highest BCUT2D eigenvalue weighted by atomic mass is 32.2. The van der Waals surface area contributed by atoms with Crippen LogP contribution in [0.15, 0.2) is 39.9 Å². The highest BCUT2D eigenvalue weighted by Crippen LogP contribution is 2.42. The molecule has 3 aliphatic heterocycles. The monoisotopic (exact) mass is 661 g/mol. The summed E-state index contributed by atoms with van der Waals surface area (Å²) in [4.78, 5) is 80.2. The van der Waals surface area contributed by atoms with E-state index in [0.717, 1.165) is 14.8 Å². The van der Waals surface area contributed by atoms with Crippen molar-refractivity contribution >= 4 is 70.5 Å². The van der Waals surface area contributed by atoms with Crippen molar-refractivity contribution in [2.45, 2.75) is 35.6 Å². The number of benzene rings is 1. The maximum Gasteiger partial charge on any atom is 0.352 e. The number of nitrogens with zero attached hydrogens (tertiary/aromatic N) is 5. The van der Waals surface area contributed by atoms with Crippen molar-refractivity contribution in [2.24, 2.45) is 0 Å². The molecule has 3 atom stereocenters. The van der Waals surface area contributed by atoms with Gasteiger partial charge in [-0.15, -0.1) is 22.0 Å². The molecule has 232 valence electrons. The second-order valence-electron chi connectivity index (χ2n) is 9.84. The number of aryl methyl sites for hydroxylation is 1. The van der Waals surface area contributed by atoms with Crippen LogP contribution in [0.25, 0.3) is 0 Å². The molecule has 4 heterocycles. The number of carboxylic acid groups (broad SMARTS) is 1. The molecule has 2 aromatic rings. The minimum Gasteiger partial charge on any atom is -0.508 e. The molecule has 0 spiro atoms. The molecular formula is C26H27N7O8S3. The van der Waals surface area contributed by atoms with Crippen molar-refractivity contribution in [2.75, 3.05) is 31.1 Å². The zero-order chi connectivity index (χ0) is 31.7. The van der Waals surface area contributed by atoms with E-state index in [9.17, 15) is 39.0 Å². The molecule has 0 aliphatic carbocycles. The number of likely N-dealkylation sites (N-methyl/N-ethyl adjacent to an activating group) is 1. The van der Waals surface area contributed by atoms with Gasteiger partial charge in [-0.05, 0) is 37.1 Å². The van der Waals surface area contributed by atoms with Crippen LogP contribution in [0.4, 0.5) is 4.79 Å². The molecule has 4 N–H and O–H groups in total. The predicted molar refractivity (Wildman–Crippen MR) is 158 cm³/mol. The number of fused-ring (bicyclic) bond motifs is 1. The fourth-order valence-electron chi connectivity index (χ4n) is 4.85. The minimum atomic E-state index is -1.41. The summed E-state index contributed by atoms with van der Waals surface area (Å²) in [6.07, 6.45) is 0. The second kappa shape index (κ2) is 12.8. The Hall–Kier alpha value is -4.16. The Kier molecular flexibility index (Phi) is 9.12. The third kappa shape index (κ3) is 6.09. The minimum absolute atomic E-state index is 0.0769. The molecule has 15 nitrogen and oxygen atoms in total. The largest absolute Gasteiger partial charge is 0.508 e. The van der Waals surface area contributed by atoms with Crippen LogP contribution in [-0.4, -0.2) is 113 Å². The number of imide groups is 1. The number of carboxylic acids is 1. The second-order valence-corrected chi connectivity index (χ2v) is 13.4. The van der Waals surface area contributed by atoms with E-state index in [0.29, 0.717) is 28.0 Å². The number of urea groups is 1. The van der Waals surface area contributed by atoms with Gasteiger partial charge >= 0.3 is 23.8 Å². The first-order chi connectivity index (χ1) is 21.0. The van der Waals surface area contributed by atoms with Crippen LogP contribution in [-0.2, 0) is 24.0 Å². The number of thioether (sulfide) groups is 2. The van der Waals surface area contributed by atoms with Gasteiger partial charge in [-0.3, -0.25) is 29.0 Å². The van der Waals surface area contributed by atoms with Gasteiger partial charge in [0.2, 0.25) is 5.91 Å². The van der Waals surface area contributed by atoms with Gasteiger partial charge in [-0.1, -0.05) is 35.2 Å². The van der Waals surface area contributed by atoms with Crippen LogP contribution >= 0.6 is 34.9 Å². The number of aliphatic carboxylic acids is 1. The number of rotatable bonds is 9. The Balaban J connectivity index is 1.31. The number of hydrogen-bond acceptors (Lipinski definition) is 12. The van der Waals surface area contributed by atoms with E-state index in [1.165, 1.54) is 64.0 Å². The van der Waals surface area contributed by atoms with E-state index in [-0.39, 0.29) is 30.1 Å². The van der Waals surface area contributed by atoms with Crippen molar-refractivity contribution in [3.05, 3.63) is 46.1 Å². The standard InChI is InChI=1S/C26H27N7O8S3/c1-3-31-8-9-32(22(38)21(31)37)25(41)28-16(13-4-6-15(34)7-5-13)19(35)27-17-20(36)33-18(24(39)40)14(10-42-23(17)33)11-43-26-30-29-12(2)44-26/h4-7,16-17,23,34H,3,8-11H2,1-2H3,(H,27,35)(H,28,41)(H,39,40)/t16-,17?,23-/m1/s1. The summed E-state index contributed by atoms with van der Waals surface area (Å²) < 4.78 is 0.674. The quantitative estimate of drug-likeness (QED) is 0.165. The van der Waals surface area contributed by atoms with Crippen LogP contribution in [0, 0.1) is 6.92 Å². The molecule has 18 heteroatoms. The number of β-lactam (4-membered cyclic amide) rings is 1. The van der Waals surface area contributed by atoms with Crippen molar-refractivity contribution in [1.29, 1.82) is 0 Å². The predicted octanol–water partition coefficient (Wildman–Crippen LogP) is 0.524. The highest BCUT2D eigenvalue weighted by Gasteiger charge is 2.54. The summed E-state index contributed by atoms with van der Waals surface area (Å²) in [5, 5.41) is 32.8. The summed E-state index contributed by atoms with van der Waals surface area (Å²) in [7, 11) is 0. The summed E-state index contributed by atoms with van der Waals surface area (Å²) in [5.41, 5.74) is 0.624. The Bertz CT molecular complexity index is 1560. The maximum absolute atomic E-state index is 13.6. The number of aromatic nitrogens is 2. The van der Waals surface area contributed by atoms with Crippen LogP contribution < -0.4 is 10.6 Å². The van der Waals surface area contributed by atoms with Crippen molar-refractivity contribution in [3.8, 4) is 5.75 Å². The Morgan fingerprint density at radius 3 is 2.48 bits per heavy atom. The zero-order valence-electron chi connectivity index (χ0n) is 23.4. The molecule has 2 fully saturated rings. The summed E-state index contributed by atoms with van der Waals surface area (Å²) in [6, 6.07) is 1.90. The maximum atomic E-state index is 13.6. The third-order valence-corrected chi connectivity index (χ3v) is 10.5. The SMILES string of the molecule is CCN1CCN(C(=O)N[C@@H](C(=O)NC2C(=O)N3C(C(=O)O)=C(CSc4nnc(C)s4)CS[C@H]23)c2ccc(O)cc2)C(=O)C1=O. The summed E-state index contributed by atoms with van der Waals surface area (Å²) in [5.74, 6) is -4.09. The number of aromatic hydroxyl groups is 1. The molecule has 6 amide bonds. The van der Waals surface area contributed by atoms with Crippen LogP contribution in [0.1, 0.15) is 23.5 Å². The lowest BCUT2D eigenvalue weighted by Gasteiger charge is -2.49. The Labute approximate surface area is 263 Å². The molecule has 0 saturated carbocycles. The summed E-state index contributed by atoms with van der Waals surface area (Å²) >= 11 is 3.99. The number of hydrogen-bond donors (Lipinski definition) is 4. The van der Waals surface area contributed by atoms with Crippen LogP contribution in [0.5, 0.6) is 5.75 Å². The van der Waals surface area contributed by atoms with Gasteiger partial charge in [0.25, 0.3) is 5.91 Å². The molecule has 44 heavy (non-hydrogen) atoms. The number of phenols is 1. The summed E-state index contributed by atoms with van der Waals surface area (Å²) in [6.45, 7) is 3.87. The van der Waals surface area contributed by atoms with Crippen molar-refractivity contribution in [3.63, 3.8) is 0 Å². The van der Waals surface area contributed by atoms with E-state index in [1.807, 2.05) is 6.92 Å². The molecular weight excluding hydrogens is 635 g/mol. The first kappa shape index (κ1) is 31.3. The van der Waals surface area contributed by atoms with Gasteiger partial charge in [0.1, 0.15) is 33.9 Å². The molecule has 0 radical (unpaired) electrons. The molecule has 1 aromatic carbocycles. The fourth-order valence-corrected chi connectivity index (χ4v) is 8.16. The molecule has 2 saturated heterocycles. The highest BCUT2D eigenvalue weighted by molar-refractivity contribution is 8.01. The average Bonchev–Trinajstić information content (AvgIpc) is 3.43. The van der Waals surface area contributed by atoms with Crippen molar-refractivity contribution < 1.29 is 39.0 Å². The molecule has 1 unspecified atom stereocenters. The molecule has 0 bridgehead atoms. The topological polar surface area (TPSA) is 202 Å². The third-order valence-electron chi connectivity index (χ3n) is 7.12. The van der Waals surface area contributed by atoms with E-state index < -0.39 is 53.1 Å². The lowest BCUT2D eigenvalue weighted by Crippen LogP contribution is -2.71. The van der Waals surface area contributed by atoms with Gasteiger partial charge in [-0.2, -0.15) is 0 Å². The Morgan fingerprint density at radius 2 is 1.84 bits per heavy atom. The molecule has 3 aliphatic rings. The average molecular weight is 662 g/mol. The number of carbonyl (C=O) groups is 6. The van der Waals surface area contributed by atoms with Crippen LogP contribution in [0.3, 0.4) is 0 Å². The number of nitrogens with one attached hydrogen (secondary N) is 2. The lowest BCUT2D eigenvalue weighted by molar-refractivity contribution is -0.153. The molecule has 5 rings (SSSR count). The lowest BCUT2D eigenvalue weighted by atomic mass is 10.0. The first-order valence-electron chi connectivity index (χ1n) is 13.3. The first-order valence-corrected chi connectivity index (χ1v) is 16.2. The van der Waals surface area contributed by atoms with Gasteiger partial charge in [-0.25, -0.2) is 9.59 Å². The van der Waals surface area contributed by atoms with E-state index in [1.54, 1.807) is 6.92 Å². The molecule has 1 aromatic heterocycles. The van der Waals surface area contributed by atoms with E-state index in [4.69, 9.17) is 0 Å². The number of amides is 6. The van der Waals surface area contributed by atoms with Gasteiger partial charge in [0.05, 0.1) is 0 Å². The van der Waals surface area contributed by atoms with E-state index >= 15 is 0 Å². The van der Waals surface area contributed by atoms with Gasteiger partial charge in [0, 0.05) is 31.1 Å². The van der Waals surface area contributed by atoms with Gasteiger partial charge < -0.3 is 25.7 Å². The number of piperazine rings is 1. The number of carbonyl (C=O) groups excluding carboxylic acids is 5. The Morgan fingerprint density at radius 1 is 1.11 bits per heavy atom. The normalized spacial score (nSPS) is 20.7. The zero-order valence-corrected chi connectivity index (χ0v) is 25.8.